The van der Waals surface area contributed by atoms with E-state index in [-0.39, 0.29) is 11.9 Å². The Bertz CT molecular complexity index is 608. The van der Waals surface area contributed by atoms with Crippen molar-refractivity contribution < 1.29 is 9.32 Å². The van der Waals surface area contributed by atoms with Crippen LogP contribution in [-0.4, -0.2) is 32.6 Å². The van der Waals surface area contributed by atoms with Gasteiger partial charge in [0, 0.05) is 0 Å². The van der Waals surface area contributed by atoms with E-state index in [1.165, 1.54) is 12.4 Å². The van der Waals surface area contributed by atoms with Crippen LogP contribution < -0.4 is 10.6 Å². The van der Waals surface area contributed by atoms with Crippen molar-refractivity contribution in [2.75, 3.05) is 11.9 Å². The molecule has 1 amide bonds. The summed E-state index contributed by atoms with van der Waals surface area (Å²) in [6.45, 7) is 0.920. The highest BCUT2D eigenvalue weighted by molar-refractivity contribution is 9.10. The highest BCUT2D eigenvalue weighted by atomic mass is 79.9. The highest BCUT2D eigenvalue weighted by Gasteiger charge is 2.24. The van der Waals surface area contributed by atoms with Crippen LogP contribution in [-0.2, 0) is 0 Å². The molecule has 0 spiro atoms. The maximum absolute atomic E-state index is 11.9. The zero-order valence-electron chi connectivity index (χ0n) is 10.3. The first-order valence-corrected chi connectivity index (χ1v) is 6.87. The summed E-state index contributed by atoms with van der Waals surface area (Å²) >= 11 is 3.16. The first-order chi connectivity index (χ1) is 9.72. The normalized spacial score (nSPS) is 18.1. The van der Waals surface area contributed by atoms with E-state index >= 15 is 0 Å². The molecule has 0 radical (unpaired) electrons. The third kappa shape index (κ3) is 2.83. The Morgan fingerprint density at radius 3 is 3.05 bits per heavy atom. The van der Waals surface area contributed by atoms with Crippen LogP contribution in [0.4, 0.5) is 5.82 Å². The van der Waals surface area contributed by atoms with Gasteiger partial charge in [0.15, 0.2) is 5.82 Å². The van der Waals surface area contributed by atoms with Crippen molar-refractivity contribution in [1.29, 1.82) is 0 Å². The van der Waals surface area contributed by atoms with Gasteiger partial charge in [0.1, 0.15) is 4.60 Å². The third-order valence-corrected chi connectivity index (χ3v) is 3.27. The van der Waals surface area contributed by atoms with Crippen LogP contribution in [0, 0.1) is 0 Å². The Morgan fingerprint density at radius 1 is 1.45 bits per heavy atom. The molecular weight excluding hydrogens is 328 g/mol. The van der Waals surface area contributed by atoms with Gasteiger partial charge in [-0.3, -0.25) is 4.79 Å². The Hall–Kier alpha value is -1.87. The summed E-state index contributed by atoms with van der Waals surface area (Å²) in [5, 5.41) is 9.45. The number of hydrogen-bond donors (Lipinski definition) is 2. The molecule has 2 N–H and O–H groups in total. The fourth-order valence-electron chi connectivity index (χ4n) is 1.91. The summed E-state index contributed by atoms with van der Waals surface area (Å²) in [5.74, 6) is 0.270. The molecule has 3 rings (SSSR count). The predicted molar refractivity (Wildman–Crippen MR) is 72.0 cm³/mol. The number of hydrogen-bond acceptors (Lipinski definition) is 7. The van der Waals surface area contributed by atoms with Crippen molar-refractivity contribution in [2.24, 2.45) is 0 Å². The molecule has 1 aliphatic heterocycles. The second-order valence-electron chi connectivity index (χ2n) is 4.28. The Balaban J connectivity index is 1.69. The van der Waals surface area contributed by atoms with Gasteiger partial charge >= 0.3 is 0 Å². The maximum Gasteiger partial charge on any atom is 0.298 e. The molecule has 2 aromatic heterocycles. The fraction of sp³-hybridized carbons (Fsp3) is 0.364. The molecule has 2 aromatic rings. The monoisotopic (exact) mass is 338 g/mol. The zero-order valence-corrected chi connectivity index (χ0v) is 11.9. The molecule has 0 aliphatic carbocycles. The van der Waals surface area contributed by atoms with Gasteiger partial charge in [-0.2, -0.15) is 4.98 Å². The van der Waals surface area contributed by atoms with E-state index in [1.54, 1.807) is 0 Å². The van der Waals surface area contributed by atoms with Crippen LogP contribution in [0.5, 0.6) is 0 Å². The van der Waals surface area contributed by atoms with E-state index in [2.05, 4.69) is 46.7 Å². The molecule has 1 unspecified atom stereocenters. The van der Waals surface area contributed by atoms with Gasteiger partial charge in [-0.15, -0.1) is 0 Å². The predicted octanol–water partition coefficient (Wildman–Crippen LogP) is 1.30. The molecule has 8 nitrogen and oxygen atoms in total. The molecule has 9 heteroatoms. The zero-order chi connectivity index (χ0) is 13.9. The molecule has 1 fully saturated rings. The average molecular weight is 339 g/mol. The summed E-state index contributed by atoms with van der Waals surface area (Å²) in [4.78, 5) is 24.0. The quantitative estimate of drug-likeness (QED) is 0.868. The van der Waals surface area contributed by atoms with Crippen molar-refractivity contribution in [3.8, 4) is 0 Å². The summed E-state index contributed by atoms with van der Waals surface area (Å²) in [5.41, 5.74) is 0. The molecule has 20 heavy (non-hydrogen) atoms. The fourth-order valence-corrected chi connectivity index (χ4v) is 2.12. The lowest BCUT2D eigenvalue weighted by atomic mass is 10.2. The smallest absolute Gasteiger partial charge is 0.298 e. The van der Waals surface area contributed by atoms with Crippen LogP contribution in [0.25, 0.3) is 0 Å². The highest BCUT2D eigenvalue weighted by Crippen LogP contribution is 2.21. The topological polar surface area (TPSA) is 106 Å². The third-order valence-electron chi connectivity index (χ3n) is 2.87. The first kappa shape index (κ1) is 13.1. The van der Waals surface area contributed by atoms with Gasteiger partial charge in [-0.1, -0.05) is 5.16 Å². The van der Waals surface area contributed by atoms with E-state index in [0.29, 0.717) is 16.3 Å². The second kappa shape index (κ2) is 5.63. The summed E-state index contributed by atoms with van der Waals surface area (Å²) in [6.07, 6.45) is 4.91. The molecule has 0 bridgehead atoms. The minimum Gasteiger partial charge on any atom is -0.337 e. The summed E-state index contributed by atoms with van der Waals surface area (Å²) in [6, 6.07) is 0.0384. The van der Waals surface area contributed by atoms with Crippen LogP contribution in [0.2, 0.25) is 0 Å². The average Bonchev–Trinajstić information content (AvgIpc) is 3.11. The van der Waals surface area contributed by atoms with Gasteiger partial charge < -0.3 is 15.2 Å². The lowest BCUT2D eigenvalue weighted by Crippen LogP contribution is -2.16. The van der Waals surface area contributed by atoms with E-state index < -0.39 is 5.91 Å². The molecule has 3 heterocycles. The maximum atomic E-state index is 11.9. The molecule has 104 valence electrons. The minimum atomic E-state index is -0.477. The van der Waals surface area contributed by atoms with E-state index in [0.717, 1.165) is 19.4 Å². The number of halogens is 1. The van der Waals surface area contributed by atoms with Crippen molar-refractivity contribution in [3.63, 3.8) is 0 Å². The van der Waals surface area contributed by atoms with Gasteiger partial charge in [0.05, 0.1) is 18.4 Å². The number of aromatic nitrogens is 4. The Morgan fingerprint density at radius 2 is 2.35 bits per heavy atom. The second-order valence-corrected chi connectivity index (χ2v) is 5.10. The van der Waals surface area contributed by atoms with Crippen LogP contribution in [0.15, 0.2) is 21.5 Å². The number of carbonyl (C=O) groups excluding carboxylic acids is 1. The van der Waals surface area contributed by atoms with Crippen LogP contribution >= 0.6 is 15.9 Å². The largest absolute Gasteiger partial charge is 0.337 e. The molecule has 0 aromatic carbocycles. The summed E-state index contributed by atoms with van der Waals surface area (Å²) in [7, 11) is 0. The number of amides is 1. The standard InChI is InChI=1S/C11H11BrN6O2/c12-7-4-15-8(5-14-7)16-10(19)9-17-11(20-18-9)6-2-1-3-13-6/h4-6,13H,1-3H2,(H,15,16,19). The van der Waals surface area contributed by atoms with E-state index in [4.69, 9.17) is 4.52 Å². The first-order valence-electron chi connectivity index (χ1n) is 6.08. The molecule has 1 aliphatic rings. The van der Waals surface area contributed by atoms with Gasteiger partial charge in [-0.25, -0.2) is 9.97 Å². The van der Waals surface area contributed by atoms with Gasteiger partial charge in [0.2, 0.25) is 5.89 Å². The molecule has 1 atom stereocenters. The van der Waals surface area contributed by atoms with Crippen molar-refractivity contribution in [2.45, 2.75) is 18.9 Å². The van der Waals surface area contributed by atoms with Gasteiger partial charge in [0.25, 0.3) is 11.7 Å². The van der Waals surface area contributed by atoms with Crippen molar-refractivity contribution >= 4 is 27.7 Å². The van der Waals surface area contributed by atoms with Crippen molar-refractivity contribution in [1.82, 2.24) is 25.4 Å². The Kier molecular flexibility index (Phi) is 3.70. The number of rotatable bonds is 3. The summed E-state index contributed by atoms with van der Waals surface area (Å²) < 4.78 is 5.69. The number of nitrogens with one attached hydrogen (secondary N) is 2. The lowest BCUT2D eigenvalue weighted by molar-refractivity contribution is 0.101. The van der Waals surface area contributed by atoms with E-state index in [1.807, 2.05) is 0 Å². The Labute approximate surface area is 122 Å². The van der Waals surface area contributed by atoms with Crippen molar-refractivity contribution in [3.05, 3.63) is 28.7 Å². The minimum absolute atomic E-state index is 0.0154. The molecule has 1 saturated heterocycles. The number of anilines is 1. The molecular formula is C11H11BrN6O2. The van der Waals surface area contributed by atoms with Gasteiger partial charge in [-0.05, 0) is 35.3 Å². The van der Waals surface area contributed by atoms with Crippen LogP contribution in [0.1, 0.15) is 35.4 Å². The number of carbonyl (C=O) groups is 1. The van der Waals surface area contributed by atoms with E-state index in [9.17, 15) is 4.79 Å². The lowest BCUT2D eigenvalue weighted by Gasteiger charge is -2.01. The number of nitrogens with zero attached hydrogens (tertiary/aromatic N) is 4. The molecule has 0 saturated carbocycles. The van der Waals surface area contributed by atoms with Crippen LogP contribution in [0.3, 0.4) is 0 Å². The SMILES string of the molecule is O=C(Nc1cnc(Br)cn1)c1noc(C2CCCN2)n1.